The first-order valence-electron chi connectivity index (χ1n) is 6.42. The van der Waals surface area contributed by atoms with Crippen molar-refractivity contribution in [1.82, 2.24) is 5.32 Å². The van der Waals surface area contributed by atoms with Crippen LogP contribution in [-0.4, -0.2) is 17.8 Å². The number of carbonyl (C=O) groups excluding carboxylic acids is 1. The number of benzene rings is 2. The standard InChI is InChI=1S/C16H16BrNO2/c17-12-16(19)18-11-10-13-6-8-15(9-7-13)20-14-4-2-1-3-5-14/h1-9H,10-12H2,(H,18,19). The topological polar surface area (TPSA) is 38.3 Å². The molecule has 0 atom stereocenters. The molecule has 20 heavy (non-hydrogen) atoms. The molecule has 104 valence electrons. The normalized spacial score (nSPS) is 10.1. The van der Waals surface area contributed by atoms with Gasteiger partial charge in [-0.1, -0.05) is 46.3 Å². The van der Waals surface area contributed by atoms with Gasteiger partial charge in [-0.05, 0) is 36.2 Å². The predicted octanol–water partition coefficient (Wildman–Crippen LogP) is 3.53. The second-order valence-electron chi connectivity index (χ2n) is 4.29. The summed E-state index contributed by atoms with van der Waals surface area (Å²) in [6, 6.07) is 17.6. The second kappa shape index (κ2) is 7.70. The van der Waals surface area contributed by atoms with E-state index < -0.39 is 0 Å². The Morgan fingerprint density at radius 1 is 1.00 bits per heavy atom. The molecule has 0 unspecified atom stereocenters. The van der Waals surface area contributed by atoms with Gasteiger partial charge >= 0.3 is 0 Å². The van der Waals surface area contributed by atoms with Crippen LogP contribution < -0.4 is 10.1 Å². The number of hydrogen-bond acceptors (Lipinski definition) is 2. The van der Waals surface area contributed by atoms with Crippen LogP contribution in [0.1, 0.15) is 5.56 Å². The molecule has 2 aromatic rings. The fourth-order valence-corrected chi connectivity index (χ4v) is 1.94. The highest BCUT2D eigenvalue weighted by Gasteiger charge is 1.99. The van der Waals surface area contributed by atoms with Gasteiger partial charge in [-0.15, -0.1) is 0 Å². The van der Waals surface area contributed by atoms with Crippen LogP contribution in [0, 0.1) is 0 Å². The lowest BCUT2D eigenvalue weighted by molar-refractivity contribution is -0.118. The molecule has 1 N–H and O–H groups in total. The zero-order valence-corrected chi connectivity index (χ0v) is 12.6. The Labute approximate surface area is 127 Å². The summed E-state index contributed by atoms with van der Waals surface area (Å²) in [6.07, 6.45) is 0.810. The van der Waals surface area contributed by atoms with Crippen LogP contribution in [0.3, 0.4) is 0 Å². The van der Waals surface area contributed by atoms with Crippen LogP contribution in [0.4, 0.5) is 0 Å². The summed E-state index contributed by atoms with van der Waals surface area (Å²) in [5.74, 6) is 1.64. The maximum absolute atomic E-state index is 11.1. The van der Waals surface area contributed by atoms with Crippen LogP contribution in [-0.2, 0) is 11.2 Å². The van der Waals surface area contributed by atoms with Crippen molar-refractivity contribution in [2.75, 3.05) is 11.9 Å². The molecule has 0 spiro atoms. The number of carbonyl (C=O) groups is 1. The van der Waals surface area contributed by atoms with E-state index in [1.807, 2.05) is 54.6 Å². The van der Waals surface area contributed by atoms with Gasteiger partial charge in [0.05, 0.1) is 5.33 Å². The van der Waals surface area contributed by atoms with Crippen molar-refractivity contribution < 1.29 is 9.53 Å². The lowest BCUT2D eigenvalue weighted by atomic mass is 10.1. The van der Waals surface area contributed by atoms with Crippen LogP contribution in [0.25, 0.3) is 0 Å². The van der Waals surface area contributed by atoms with Crippen LogP contribution >= 0.6 is 15.9 Å². The first-order chi connectivity index (χ1) is 9.78. The minimum atomic E-state index is 0.00836. The first kappa shape index (κ1) is 14.6. The van der Waals surface area contributed by atoms with E-state index in [-0.39, 0.29) is 5.91 Å². The van der Waals surface area contributed by atoms with Gasteiger partial charge in [-0.3, -0.25) is 4.79 Å². The third-order valence-corrected chi connectivity index (χ3v) is 3.27. The molecule has 0 bridgehead atoms. The van der Waals surface area contributed by atoms with Crippen molar-refractivity contribution in [3.8, 4) is 11.5 Å². The molecular formula is C16H16BrNO2. The summed E-state index contributed by atoms with van der Waals surface area (Å²) < 4.78 is 5.72. The average molecular weight is 334 g/mol. The van der Waals surface area contributed by atoms with Crippen LogP contribution in [0.5, 0.6) is 11.5 Å². The lowest BCUT2D eigenvalue weighted by Crippen LogP contribution is -2.26. The number of nitrogens with one attached hydrogen (secondary N) is 1. The molecule has 0 saturated heterocycles. The summed E-state index contributed by atoms with van der Waals surface area (Å²) in [4.78, 5) is 11.1. The third kappa shape index (κ3) is 4.70. The fraction of sp³-hybridized carbons (Fsp3) is 0.188. The van der Waals surface area contributed by atoms with E-state index in [2.05, 4.69) is 21.2 Å². The van der Waals surface area contributed by atoms with Crippen LogP contribution in [0.15, 0.2) is 54.6 Å². The Hall–Kier alpha value is -1.81. The van der Waals surface area contributed by atoms with Gasteiger partial charge in [-0.2, -0.15) is 0 Å². The summed E-state index contributed by atoms with van der Waals surface area (Å²) in [5.41, 5.74) is 1.17. The minimum absolute atomic E-state index is 0.00836. The SMILES string of the molecule is O=C(CBr)NCCc1ccc(Oc2ccccc2)cc1. The Morgan fingerprint density at radius 3 is 2.30 bits per heavy atom. The van der Waals surface area contributed by atoms with Gasteiger partial charge in [0, 0.05) is 6.54 Å². The molecule has 0 aliphatic carbocycles. The Balaban J connectivity index is 1.85. The zero-order chi connectivity index (χ0) is 14.2. The quantitative estimate of drug-likeness (QED) is 0.821. The number of rotatable bonds is 6. The molecule has 0 aromatic heterocycles. The largest absolute Gasteiger partial charge is 0.457 e. The molecular weight excluding hydrogens is 318 g/mol. The van der Waals surface area contributed by atoms with Crippen molar-refractivity contribution in [2.45, 2.75) is 6.42 Å². The number of hydrogen-bond donors (Lipinski definition) is 1. The monoisotopic (exact) mass is 333 g/mol. The molecule has 2 aromatic carbocycles. The summed E-state index contributed by atoms with van der Waals surface area (Å²) in [7, 11) is 0. The summed E-state index contributed by atoms with van der Waals surface area (Å²) in [6.45, 7) is 0.642. The van der Waals surface area contributed by atoms with Gasteiger partial charge in [0.25, 0.3) is 0 Å². The van der Waals surface area contributed by atoms with Gasteiger partial charge in [-0.25, -0.2) is 0 Å². The van der Waals surface area contributed by atoms with Gasteiger partial charge in [0.1, 0.15) is 11.5 Å². The molecule has 1 amide bonds. The Kier molecular flexibility index (Phi) is 5.62. The molecule has 3 nitrogen and oxygen atoms in total. The number of para-hydroxylation sites is 1. The van der Waals surface area contributed by atoms with Crippen molar-refractivity contribution in [2.24, 2.45) is 0 Å². The van der Waals surface area contributed by atoms with Crippen molar-refractivity contribution in [3.63, 3.8) is 0 Å². The minimum Gasteiger partial charge on any atom is -0.457 e. The Bertz CT molecular complexity index is 540. The van der Waals surface area contributed by atoms with E-state index >= 15 is 0 Å². The lowest BCUT2D eigenvalue weighted by Gasteiger charge is -2.07. The fourth-order valence-electron chi connectivity index (χ4n) is 1.74. The molecule has 0 radical (unpaired) electrons. The molecule has 2 rings (SSSR count). The smallest absolute Gasteiger partial charge is 0.230 e. The maximum Gasteiger partial charge on any atom is 0.230 e. The molecule has 0 saturated carbocycles. The number of ether oxygens (including phenoxy) is 1. The van der Waals surface area contributed by atoms with Crippen molar-refractivity contribution in [3.05, 3.63) is 60.2 Å². The van der Waals surface area contributed by atoms with Gasteiger partial charge in [0.2, 0.25) is 5.91 Å². The molecule has 4 heteroatoms. The van der Waals surface area contributed by atoms with E-state index in [0.717, 1.165) is 17.9 Å². The summed E-state index contributed by atoms with van der Waals surface area (Å²) >= 11 is 3.11. The van der Waals surface area contributed by atoms with Crippen LogP contribution in [0.2, 0.25) is 0 Å². The predicted molar refractivity (Wildman–Crippen MR) is 83.5 cm³/mol. The second-order valence-corrected chi connectivity index (χ2v) is 4.85. The van der Waals surface area contributed by atoms with E-state index in [0.29, 0.717) is 11.9 Å². The highest BCUT2D eigenvalue weighted by atomic mass is 79.9. The summed E-state index contributed by atoms with van der Waals surface area (Å²) in [5, 5.41) is 3.16. The van der Waals surface area contributed by atoms with Crippen molar-refractivity contribution >= 4 is 21.8 Å². The van der Waals surface area contributed by atoms with Gasteiger partial charge < -0.3 is 10.1 Å². The third-order valence-electron chi connectivity index (χ3n) is 2.76. The molecule has 0 fully saturated rings. The van der Waals surface area contributed by atoms with Crippen molar-refractivity contribution in [1.29, 1.82) is 0 Å². The average Bonchev–Trinajstić information content (AvgIpc) is 2.50. The van der Waals surface area contributed by atoms with E-state index in [1.54, 1.807) is 0 Å². The van der Waals surface area contributed by atoms with E-state index in [9.17, 15) is 4.79 Å². The molecule has 0 aliphatic heterocycles. The number of amides is 1. The Morgan fingerprint density at radius 2 is 1.65 bits per heavy atom. The molecule has 0 heterocycles. The van der Waals surface area contributed by atoms with Gasteiger partial charge in [0.15, 0.2) is 0 Å². The maximum atomic E-state index is 11.1. The highest BCUT2D eigenvalue weighted by molar-refractivity contribution is 9.09. The van der Waals surface area contributed by atoms with E-state index in [1.165, 1.54) is 5.56 Å². The zero-order valence-electron chi connectivity index (χ0n) is 11.0. The number of halogens is 1. The first-order valence-corrected chi connectivity index (χ1v) is 7.54. The molecule has 0 aliphatic rings. The highest BCUT2D eigenvalue weighted by Crippen LogP contribution is 2.21. The number of alkyl halides is 1. The van der Waals surface area contributed by atoms with E-state index in [4.69, 9.17) is 4.74 Å².